The van der Waals surface area contributed by atoms with Crippen molar-refractivity contribution in [2.24, 2.45) is 0 Å². The molecule has 0 aromatic heterocycles. The maximum absolute atomic E-state index is 11.8. The summed E-state index contributed by atoms with van der Waals surface area (Å²) < 4.78 is 12.7. The molecule has 2 amide bonds. The summed E-state index contributed by atoms with van der Waals surface area (Å²) in [5, 5.41) is 24.4. The van der Waals surface area contributed by atoms with E-state index in [0.29, 0.717) is 29.3 Å². The Bertz CT molecular complexity index is 1200. The minimum Gasteiger partial charge on any atom is -0.478 e. The molecule has 1 aliphatic heterocycles. The van der Waals surface area contributed by atoms with Crippen molar-refractivity contribution in [3.63, 3.8) is 0 Å². The zero-order valence-corrected chi connectivity index (χ0v) is 21.2. The fourth-order valence-corrected chi connectivity index (χ4v) is 5.10. The smallest absolute Gasteiger partial charge is 0.336 e. The van der Waals surface area contributed by atoms with Crippen LogP contribution in [0, 0.1) is 0 Å². The molecule has 1 fully saturated rings. The maximum atomic E-state index is 11.8. The third kappa shape index (κ3) is 7.11. The normalized spacial score (nSPS) is 19.2. The van der Waals surface area contributed by atoms with Crippen LogP contribution in [0.25, 0.3) is 0 Å². The minimum absolute atomic E-state index is 0.0313. The summed E-state index contributed by atoms with van der Waals surface area (Å²) in [6.45, 7) is 2.35. The summed E-state index contributed by atoms with van der Waals surface area (Å²) in [4.78, 5) is 24.1. The number of ether oxygens (including phenoxy) is 2. The first-order valence-electron chi connectivity index (χ1n) is 12.1. The molecule has 0 spiro atoms. The van der Waals surface area contributed by atoms with E-state index in [9.17, 15) is 19.8 Å². The largest absolute Gasteiger partial charge is 0.478 e. The van der Waals surface area contributed by atoms with Crippen LogP contribution in [0.5, 0.6) is 0 Å². The van der Waals surface area contributed by atoms with Crippen LogP contribution in [0.4, 0.5) is 10.5 Å². The van der Waals surface area contributed by atoms with Gasteiger partial charge in [0.25, 0.3) is 0 Å². The molecule has 0 bridgehead atoms. The molecule has 0 aliphatic carbocycles. The Balaban J connectivity index is 1.52. The molecule has 194 valence electrons. The Morgan fingerprint density at radius 3 is 2.35 bits per heavy atom. The van der Waals surface area contributed by atoms with E-state index in [2.05, 4.69) is 10.6 Å². The number of thioether (sulfide) groups is 1. The third-order valence-corrected chi connectivity index (χ3v) is 7.14. The number of carboxylic acids is 1. The van der Waals surface area contributed by atoms with Crippen LogP contribution in [0.15, 0.2) is 77.7 Å². The van der Waals surface area contributed by atoms with E-state index in [1.54, 1.807) is 30.3 Å². The lowest BCUT2D eigenvalue weighted by Crippen LogP contribution is -2.31. The van der Waals surface area contributed by atoms with Crippen LogP contribution in [-0.4, -0.2) is 40.6 Å². The van der Waals surface area contributed by atoms with Crippen LogP contribution >= 0.6 is 11.8 Å². The minimum atomic E-state index is -0.961. The van der Waals surface area contributed by atoms with Crippen molar-refractivity contribution in [2.45, 2.75) is 43.3 Å². The number of carbonyl (C=O) groups is 2. The predicted molar refractivity (Wildman–Crippen MR) is 142 cm³/mol. The van der Waals surface area contributed by atoms with Crippen LogP contribution < -0.4 is 10.6 Å². The van der Waals surface area contributed by atoms with Gasteiger partial charge in [0.1, 0.15) is 0 Å². The van der Waals surface area contributed by atoms with Gasteiger partial charge in [0.2, 0.25) is 0 Å². The molecule has 1 saturated heterocycles. The summed E-state index contributed by atoms with van der Waals surface area (Å²) in [6.07, 6.45) is -0.509. The Morgan fingerprint density at radius 1 is 0.973 bits per heavy atom. The molecular formula is C28H30N2O6S. The number of rotatable bonds is 9. The van der Waals surface area contributed by atoms with Gasteiger partial charge >= 0.3 is 12.0 Å². The summed E-state index contributed by atoms with van der Waals surface area (Å²) in [7, 11) is 0. The number of anilines is 1. The average Bonchev–Trinajstić information content (AvgIpc) is 2.92. The molecule has 3 aromatic rings. The first-order valence-corrected chi connectivity index (χ1v) is 13.1. The number of amides is 2. The molecule has 0 saturated carbocycles. The van der Waals surface area contributed by atoms with Crippen molar-refractivity contribution in [1.29, 1.82) is 0 Å². The van der Waals surface area contributed by atoms with Gasteiger partial charge in [0, 0.05) is 34.9 Å². The first kappa shape index (κ1) is 26.7. The summed E-state index contributed by atoms with van der Waals surface area (Å²) >= 11 is 1.45. The van der Waals surface area contributed by atoms with Crippen LogP contribution in [-0.2, 0) is 16.1 Å². The molecular weight excluding hydrogens is 492 g/mol. The van der Waals surface area contributed by atoms with E-state index < -0.39 is 12.3 Å². The molecule has 1 heterocycles. The van der Waals surface area contributed by atoms with E-state index in [1.165, 1.54) is 11.8 Å². The SMILES string of the molecule is CCNC(=O)Nc1ccc(C2OC(CSc3ccccc3C(=O)O)CC(c3ccc(CO)cc3)O2)cc1. The molecule has 37 heavy (non-hydrogen) atoms. The molecule has 9 heteroatoms. The second kappa shape index (κ2) is 12.7. The summed E-state index contributed by atoms with van der Waals surface area (Å²) in [5.41, 5.74) is 3.52. The van der Waals surface area contributed by atoms with Gasteiger partial charge in [0.15, 0.2) is 6.29 Å². The lowest BCUT2D eigenvalue weighted by Gasteiger charge is -2.36. The molecule has 3 atom stereocenters. The highest BCUT2D eigenvalue weighted by molar-refractivity contribution is 7.99. The van der Waals surface area contributed by atoms with Gasteiger partial charge in [-0.1, -0.05) is 48.5 Å². The van der Waals surface area contributed by atoms with Crippen LogP contribution in [0.3, 0.4) is 0 Å². The highest BCUT2D eigenvalue weighted by atomic mass is 32.2. The van der Waals surface area contributed by atoms with E-state index in [-0.39, 0.29) is 30.4 Å². The highest BCUT2D eigenvalue weighted by Gasteiger charge is 2.32. The maximum Gasteiger partial charge on any atom is 0.336 e. The first-order chi connectivity index (χ1) is 18.0. The molecule has 3 aromatic carbocycles. The van der Waals surface area contributed by atoms with Crippen molar-refractivity contribution < 1.29 is 29.3 Å². The number of aromatic carboxylic acids is 1. The fourth-order valence-electron chi connectivity index (χ4n) is 4.03. The van der Waals surface area contributed by atoms with Crippen molar-refractivity contribution in [3.05, 3.63) is 95.1 Å². The number of hydrogen-bond acceptors (Lipinski definition) is 6. The average molecular weight is 523 g/mol. The molecule has 4 N–H and O–H groups in total. The van der Waals surface area contributed by atoms with Gasteiger partial charge in [-0.2, -0.15) is 0 Å². The Labute approximate surface area is 220 Å². The van der Waals surface area contributed by atoms with Crippen molar-refractivity contribution in [1.82, 2.24) is 5.32 Å². The highest BCUT2D eigenvalue weighted by Crippen LogP contribution is 2.40. The number of carboxylic acid groups (broad SMARTS) is 1. The topological polar surface area (TPSA) is 117 Å². The number of aliphatic hydroxyl groups excluding tert-OH is 1. The number of nitrogens with one attached hydrogen (secondary N) is 2. The number of hydrogen-bond donors (Lipinski definition) is 4. The summed E-state index contributed by atoms with van der Waals surface area (Å²) in [6, 6.07) is 21.6. The molecule has 4 rings (SSSR count). The van der Waals surface area contributed by atoms with Crippen molar-refractivity contribution in [2.75, 3.05) is 17.6 Å². The second-order valence-corrected chi connectivity index (χ2v) is 9.63. The standard InChI is InChI=1S/C28H30N2O6S/c1-2-29-28(34)30-21-13-11-20(12-14-21)27-35-22(17-37-25-6-4-3-5-23(25)26(32)33)15-24(36-27)19-9-7-18(16-31)8-10-19/h3-14,22,24,27,31H,2,15-17H2,1H3,(H,32,33)(H2,29,30,34). The van der Waals surface area contributed by atoms with Gasteiger partial charge < -0.3 is 30.3 Å². The number of carbonyl (C=O) groups excluding carboxylic acids is 1. The Kier molecular flexibility index (Phi) is 9.19. The quantitative estimate of drug-likeness (QED) is 0.280. The van der Waals surface area contributed by atoms with Crippen LogP contribution in [0.2, 0.25) is 0 Å². The Morgan fingerprint density at radius 2 is 1.68 bits per heavy atom. The van der Waals surface area contributed by atoms with Crippen molar-refractivity contribution in [3.8, 4) is 0 Å². The van der Waals surface area contributed by atoms with Gasteiger partial charge in [0.05, 0.1) is 24.4 Å². The van der Waals surface area contributed by atoms with Crippen molar-refractivity contribution >= 4 is 29.4 Å². The molecule has 0 radical (unpaired) electrons. The van der Waals surface area contributed by atoms with Gasteiger partial charge in [-0.05, 0) is 42.3 Å². The van der Waals surface area contributed by atoms with E-state index >= 15 is 0 Å². The van der Waals surface area contributed by atoms with Gasteiger partial charge in [-0.25, -0.2) is 9.59 Å². The molecule has 8 nitrogen and oxygen atoms in total. The zero-order valence-electron chi connectivity index (χ0n) is 20.4. The fraction of sp³-hybridized carbons (Fsp3) is 0.286. The summed E-state index contributed by atoms with van der Waals surface area (Å²) in [5.74, 6) is -0.413. The number of aliphatic hydroxyl groups is 1. The van der Waals surface area contributed by atoms with Gasteiger partial charge in [-0.15, -0.1) is 11.8 Å². The lowest BCUT2D eigenvalue weighted by atomic mass is 10.0. The monoisotopic (exact) mass is 522 g/mol. The lowest BCUT2D eigenvalue weighted by molar-refractivity contribution is -0.245. The van der Waals surface area contributed by atoms with E-state index in [1.807, 2.05) is 49.4 Å². The van der Waals surface area contributed by atoms with Crippen LogP contribution in [0.1, 0.15) is 52.8 Å². The Hall–Kier alpha value is -3.37. The van der Waals surface area contributed by atoms with E-state index in [0.717, 1.165) is 16.7 Å². The van der Waals surface area contributed by atoms with E-state index in [4.69, 9.17) is 9.47 Å². The predicted octanol–water partition coefficient (Wildman–Crippen LogP) is 5.36. The molecule has 1 aliphatic rings. The number of urea groups is 1. The number of benzene rings is 3. The van der Waals surface area contributed by atoms with Gasteiger partial charge in [-0.3, -0.25) is 0 Å². The second-order valence-electron chi connectivity index (χ2n) is 8.57. The zero-order chi connectivity index (χ0) is 26.2. The molecule has 3 unspecified atom stereocenters. The third-order valence-electron chi connectivity index (χ3n) is 5.94.